The Morgan fingerprint density at radius 1 is 1.03 bits per heavy atom. The number of anilines is 2. The SMILES string of the molecule is O=C(O)c1ccccc1N(Cc1ccc2cccnc2c1O)c1cccc([N+](=O)[O-])c1. The first kappa shape index (κ1) is 19.8. The molecule has 0 amide bonds. The van der Waals surface area contributed by atoms with Crippen LogP contribution in [0.25, 0.3) is 10.9 Å². The third-order valence-corrected chi connectivity index (χ3v) is 4.94. The van der Waals surface area contributed by atoms with Gasteiger partial charge in [-0.2, -0.15) is 0 Å². The Labute approximate surface area is 176 Å². The molecular weight excluding hydrogens is 398 g/mol. The molecule has 8 heteroatoms. The highest BCUT2D eigenvalue weighted by Crippen LogP contribution is 2.35. The summed E-state index contributed by atoms with van der Waals surface area (Å²) in [5, 5.41) is 32.5. The molecule has 2 N–H and O–H groups in total. The van der Waals surface area contributed by atoms with Gasteiger partial charge in [-0.1, -0.05) is 36.4 Å². The fourth-order valence-corrected chi connectivity index (χ4v) is 3.45. The zero-order valence-electron chi connectivity index (χ0n) is 16.2. The number of aromatic carboxylic acids is 1. The van der Waals surface area contributed by atoms with Gasteiger partial charge in [-0.05, 0) is 24.3 Å². The summed E-state index contributed by atoms with van der Waals surface area (Å²) in [7, 11) is 0. The third kappa shape index (κ3) is 3.86. The second-order valence-electron chi connectivity index (χ2n) is 6.83. The summed E-state index contributed by atoms with van der Waals surface area (Å²) in [6, 6.07) is 19.4. The number of hydrogen-bond acceptors (Lipinski definition) is 6. The number of rotatable bonds is 6. The monoisotopic (exact) mass is 415 g/mol. The lowest BCUT2D eigenvalue weighted by Gasteiger charge is -2.27. The molecule has 0 atom stereocenters. The van der Waals surface area contributed by atoms with Crippen molar-refractivity contribution in [3.63, 3.8) is 0 Å². The van der Waals surface area contributed by atoms with Crippen molar-refractivity contribution in [2.24, 2.45) is 0 Å². The van der Waals surface area contributed by atoms with Crippen LogP contribution in [-0.2, 0) is 6.54 Å². The first-order valence-corrected chi connectivity index (χ1v) is 9.35. The Kier molecular flexibility index (Phi) is 5.19. The van der Waals surface area contributed by atoms with Crippen LogP contribution in [0, 0.1) is 10.1 Å². The van der Waals surface area contributed by atoms with Crippen LogP contribution in [0.15, 0.2) is 79.0 Å². The quantitative estimate of drug-likeness (QED) is 0.340. The van der Waals surface area contributed by atoms with E-state index in [9.17, 15) is 25.1 Å². The van der Waals surface area contributed by atoms with E-state index in [4.69, 9.17) is 0 Å². The lowest BCUT2D eigenvalue weighted by Crippen LogP contribution is -2.19. The average Bonchev–Trinajstić information content (AvgIpc) is 2.79. The van der Waals surface area contributed by atoms with Crippen molar-refractivity contribution in [1.29, 1.82) is 0 Å². The molecule has 4 aromatic rings. The van der Waals surface area contributed by atoms with E-state index in [2.05, 4.69) is 4.98 Å². The van der Waals surface area contributed by atoms with Gasteiger partial charge in [0.05, 0.1) is 22.7 Å². The van der Waals surface area contributed by atoms with E-state index in [1.54, 1.807) is 47.5 Å². The molecule has 0 saturated heterocycles. The standard InChI is InChI=1S/C23H17N3O5/c27-22-16(11-10-15-5-4-12-24-21(15)22)14-25(17-6-3-7-18(13-17)26(30)31)20-9-2-1-8-19(20)23(28)29/h1-13,27H,14H2,(H,28,29). The van der Waals surface area contributed by atoms with Crippen molar-refractivity contribution in [3.05, 3.63) is 100 Å². The second-order valence-corrected chi connectivity index (χ2v) is 6.83. The highest BCUT2D eigenvalue weighted by molar-refractivity contribution is 5.96. The maximum absolute atomic E-state index is 11.8. The van der Waals surface area contributed by atoms with E-state index in [0.717, 1.165) is 5.39 Å². The highest BCUT2D eigenvalue weighted by atomic mass is 16.6. The summed E-state index contributed by atoms with van der Waals surface area (Å²) < 4.78 is 0. The number of nitrogens with zero attached hydrogens (tertiary/aromatic N) is 3. The predicted octanol–water partition coefficient (Wildman–Crippen LogP) is 4.89. The molecule has 154 valence electrons. The number of nitro groups is 1. The molecule has 0 radical (unpaired) electrons. The smallest absolute Gasteiger partial charge is 0.337 e. The van der Waals surface area contributed by atoms with E-state index >= 15 is 0 Å². The van der Waals surface area contributed by atoms with Gasteiger partial charge in [-0.15, -0.1) is 0 Å². The molecule has 1 aromatic heterocycles. The zero-order valence-corrected chi connectivity index (χ0v) is 16.2. The molecule has 0 bridgehead atoms. The number of carboxylic acid groups (broad SMARTS) is 1. The number of carboxylic acids is 1. The second kappa shape index (κ2) is 8.11. The molecular formula is C23H17N3O5. The fourth-order valence-electron chi connectivity index (χ4n) is 3.45. The molecule has 3 aromatic carbocycles. The molecule has 0 spiro atoms. The summed E-state index contributed by atoms with van der Waals surface area (Å²) in [6.45, 7) is 0.0732. The number of nitro benzene ring substituents is 1. The molecule has 31 heavy (non-hydrogen) atoms. The van der Waals surface area contributed by atoms with Gasteiger partial charge < -0.3 is 15.1 Å². The topological polar surface area (TPSA) is 117 Å². The number of phenolic OH excluding ortho intramolecular Hbond substituents is 1. The van der Waals surface area contributed by atoms with E-state index in [-0.39, 0.29) is 23.5 Å². The first-order chi connectivity index (χ1) is 15.0. The van der Waals surface area contributed by atoms with Gasteiger partial charge in [0.25, 0.3) is 5.69 Å². The molecule has 0 unspecified atom stereocenters. The number of para-hydroxylation sites is 1. The number of benzene rings is 3. The van der Waals surface area contributed by atoms with Gasteiger partial charge in [0.1, 0.15) is 11.3 Å². The van der Waals surface area contributed by atoms with Gasteiger partial charge in [0.15, 0.2) is 0 Å². The van der Waals surface area contributed by atoms with E-state index in [1.807, 2.05) is 12.1 Å². The van der Waals surface area contributed by atoms with Gasteiger partial charge in [0.2, 0.25) is 0 Å². The largest absolute Gasteiger partial charge is 0.505 e. The number of hydrogen-bond donors (Lipinski definition) is 2. The maximum Gasteiger partial charge on any atom is 0.337 e. The van der Waals surface area contributed by atoms with Crippen molar-refractivity contribution >= 4 is 33.9 Å². The molecule has 1 heterocycles. The maximum atomic E-state index is 11.8. The van der Waals surface area contributed by atoms with Gasteiger partial charge >= 0.3 is 5.97 Å². The summed E-state index contributed by atoms with van der Waals surface area (Å²) in [4.78, 5) is 28.5. The van der Waals surface area contributed by atoms with Crippen molar-refractivity contribution in [2.75, 3.05) is 4.90 Å². The first-order valence-electron chi connectivity index (χ1n) is 9.35. The Morgan fingerprint density at radius 2 is 1.84 bits per heavy atom. The van der Waals surface area contributed by atoms with Crippen LogP contribution in [0.5, 0.6) is 5.75 Å². The van der Waals surface area contributed by atoms with Crippen LogP contribution < -0.4 is 4.90 Å². The van der Waals surface area contributed by atoms with E-state index in [1.165, 1.54) is 24.3 Å². The molecule has 0 aliphatic heterocycles. The third-order valence-electron chi connectivity index (χ3n) is 4.94. The Balaban J connectivity index is 1.88. The minimum Gasteiger partial charge on any atom is -0.505 e. The van der Waals surface area contributed by atoms with Crippen molar-refractivity contribution in [1.82, 2.24) is 4.98 Å². The molecule has 0 saturated carbocycles. The molecule has 0 aliphatic carbocycles. The molecule has 0 aliphatic rings. The van der Waals surface area contributed by atoms with Crippen LogP contribution in [-0.4, -0.2) is 26.1 Å². The van der Waals surface area contributed by atoms with Crippen molar-refractivity contribution < 1.29 is 19.9 Å². The molecule has 0 fully saturated rings. The fraction of sp³-hybridized carbons (Fsp3) is 0.0435. The number of pyridine rings is 1. The van der Waals surface area contributed by atoms with Crippen molar-refractivity contribution in [3.8, 4) is 5.75 Å². The molecule has 8 nitrogen and oxygen atoms in total. The number of aromatic hydroxyl groups is 1. The summed E-state index contributed by atoms with van der Waals surface area (Å²) in [6.07, 6.45) is 1.57. The average molecular weight is 415 g/mol. The Hall–Kier alpha value is -4.46. The normalized spacial score (nSPS) is 10.7. The lowest BCUT2D eigenvalue weighted by molar-refractivity contribution is -0.384. The minimum absolute atomic E-state index is 0.0265. The van der Waals surface area contributed by atoms with Crippen LogP contribution in [0.3, 0.4) is 0 Å². The van der Waals surface area contributed by atoms with Crippen LogP contribution in [0.2, 0.25) is 0 Å². The summed E-state index contributed by atoms with van der Waals surface area (Å²) in [5.74, 6) is -1.16. The van der Waals surface area contributed by atoms with E-state index < -0.39 is 10.9 Å². The zero-order chi connectivity index (χ0) is 22.0. The molecule has 4 rings (SSSR count). The Bertz CT molecular complexity index is 1310. The van der Waals surface area contributed by atoms with Gasteiger partial charge in [-0.3, -0.25) is 15.1 Å². The van der Waals surface area contributed by atoms with Gasteiger partial charge in [0, 0.05) is 35.0 Å². The predicted molar refractivity (Wildman–Crippen MR) is 116 cm³/mol. The van der Waals surface area contributed by atoms with Crippen LogP contribution in [0.4, 0.5) is 17.1 Å². The summed E-state index contributed by atoms with van der Waals surface area (Å²) >= 11 is 0. The van der Waals surface area contributed by atoms with Crippen LogP contribution >= 0.6 is 0 Å². The Morgan fingerprint density at radius 3 is 2.61 bits per heavy atom. The van der Waals surface area contributed by atoms with Crippen LogP contribution in [0.1, 0.15) is 15.9 Å². The summed E-state index contributed by atoms with van der Waals surface area (Å²) in [5.41, 5.74) is 1.59. The number of aromatic nitrogens is 1. The minimum atomic E-state index is -1.13. The number of fused-ring (bicyclic) bond motifs is 1. The highest BCUT2D eigenvalue weighted by Gasteiger charge is 2.21. The van der Waals surface area contributed by atoms with Gasteiger partial charge in [-0.25, -0.2) is 4.79 Å². The number of non-ortho nitro benzene ring substituents is 1. The van der Waals surface area contributed by atoms with Crippen molar-refractivity contribution in [2.45, 2.75) is 6.54 Å². The number of phenols is 1. The van der Waals surface area contributed by atoms with E-state index in [0.29, 0.717) is 22.5 Å². The lowest BCUT2D eigenvalue weighted by atomic mass is 10.1. The number of carbonyl (C=O) groups is 1.